The molecular formula is C13H11Br2N3O2. The van der Waals surface area contributed by atoms with E-state index >= 15 is 0 Å². The second-order valence-corrected chi connectivity index (χ2v) is 5.78. The molecule has 0 radical (unpaired) electrons. The van der Waals surface area contributed by atoms with Gasteiger partial charge in [0.15, 0.2) is 0 Å². The summed E-state index contributed by atoms with van der Waals surface area (Å²) in [4.78, 5) is 23.6. The number of nitrogens with zero attached hydrogens (tertiary/aromatic N) is 1. The quantitative estimate of drug-likeness (QED) is 0.831. The van der Waals surface area contributed by atoms with Crippen LogP contribution in [-0.4, -0.2) is 10.5 Å². The number of halogens is 2. The Morgan fingerprint density at radius 3 is 2.50 bits per heavy atom. The molecular weight excluding hydrogens is 390 g/mol. The molecule has 1 aromatic carbocycles. The van der Waals surface area contributed by atoms with Gasteiger partial charge in [0, 0.05) is 26.9 Å². The summed E-state index contributed by atoms with van der Waals surface area (Å²) < 4.78 is 2.76. The van der Waals surface area contributed by atoms with E-state index in [9.17, 15) is 9.59 Å². The number of hydrogen-bond acceptors (Lipinski definition) is 3. The summed E-state index contributed by atoms with van der Waals surface area (Å²) in [6.07, 6.45) is 1.44. The monoisotopic (exact) mass is 399 g/mol. The minimum Gasteiger partial charge on any atom is -0.398 e. The molecule has 5 nitrogen and oxygen atoms in total. The van der Waals surface area contributed by atoms with Crippen LogP contribution < -0.4 is 16.6 Å². The highest BCUT2D eigenvalue weighted by molar-refractivity contribution is 9.11. The predicted molar refractivity (Wildman–Crippen MR) is 85.6 cm³/mol. The van der Waals surface area contributed by atoms with Gasteiger partial charge in [0.2, 0.25) is 5.91 Å². The van der Waals surface area contributed by atoms with Crippen LogP contribution in [0.5, 0.6) is 0 Å². The van der Waals surface area contributed by atoms with Crippen LogP contribution in [0.4, 0.5) is 11.4 Å². The third kappa shape index (κ3) is 3.49. The molecule has 0 bridgehead atoms. The average Bonchev–Trinajstić information content (AvgIpc) is 2.38. The SMILES string of the molecule is Nc1ccc(=O)n(CC(=O)Nc2c(Br)cccc2Br)c1. The van der Waals surface area contributed by atoms with Crippen molar-refractivity contribution in [2.75, 3.05) is 11.1 Å². The lowest BCUT2D eigenvalue weighted by Gasteiger charge is -2.10. The van der Waals surface area contributed by atoms with E-state index in [2.05, 4.69) is 37.2 Å². The van der Waals surface area contributed by atoms with E-state index in [1.54, 1.807) is 0 Å². The number of nitrogen functional groups attached to an aromatic ring is 1. The van der Waals surface area contributed by atoms with Crippen LogP contribution >= 0.6 is 31.9 Å². The molecule has 3 N–H and O–H groups in total. The van der Waals surface area contributed by atoms with Crippen molar-refractivity contribution >= 4 is 49.1 Å². The molecule has 0 aliphatic rings. The van der Waals surface area contributed by atoms with Crippen LogP contribution in [0.2, 0.25) is 0 Å². The van der Waals surface area contributed by atoms with Gasteiger partial charge in [-0.15, -0.1) is 0 Å². The molecule has 0 atom stereocenters. The molecule has 0 aliphatic heterocycles. The summed E-state index contributed by atoms with van der Waals surface area (Å²) in [5.74, 6) is -0.315. The second-order valence-electron chi connectivity index (χ2n) is 4.07. The number of pyridine rings is 1. The minimum absolute atomic E-state index is 0.0996. The van der Waals surface area contributed by atoms with Crippen LogP contribution in [0.1, 0.15) is 0 Å². The van der Waals surface area contributed by atoms with E-state index in [0.717, 1.165) is 8.95 Å². The molecule has 0 aliphatic carbocycles. The fourth-order valence-electron chi connectivity index (χ4n) is 1.62. The fourth-order valence-corrected chi connectivity index (χ4v) is 2.82. The number of hydrogen-bond donors (Lipinski definition) is 2. The standard InChI is InChI=1S/C13H11Br2N3O2/c14-9-2-1-3-10(15)13(9)17-11(19)7-18-6-8(16)4-5-12(18)20/h1-6H,7,16H2,(H,17,19). The third-order valence-electron chi connectivity index (χ3n) is 2.55. The Bertz CT molecular complexity index is 693. The topological polar surface area (TPSA) is 77.1 Å². The summed E-state index contributed by atoms with van der Waals surface area (Å²) in [5.41, 5.74) is 6.37. The smallest absolute Gasteiger partial charge is 0.251 e. The first kappa shape index (κ1) is 14.8. The number of benzene rings is 1. The maximum absolute atomic E-state index is 12.0. The van der Waals surface area contributed by atoms with Crippen molar-refractivity contribution in [1.29, 1.82) is 0 Å². The van der Waals surface area contributed by atoms with Crippen LogP contribution in [-0.2, 0) is 11.3 Å². The van der Waals surface area contributed by atoms with Crippen LogP contribution in [0.25, 0.3) is 0 Å². The number of carbonyl (C=O) groups is 1. The van der Waals surface area contributed by atoms with Gasteiger partial charge in [-0.3, -0.25) is 9.59 Å². The van der Waals surface area contributed by atoms with E-state index < -0.39 is 0 Å². The van der Waals surface area contributed by atoms with Crippen LogP contribution in [0.15, 0.2) is 50.3 Å². The van der Waals surface area contributed by atoms with Gasteiger partial charge in [0.1, 0.15) is 6.54 Å². The molecule has 2 rings (SSSR count). The summed E-state index contributed by atoms with van der Waals surface area (Å²) in [6, 6.07) is 8.30. The first-order valence-electron chi connectivity index (χ1n) is 5.67. The van der Waals surface area contributed by atoms with Crippen LogP contribution in [0.3, 0.4) is 0 Å². The molecule has 20 heavy (non-hydrogen) atoms. The Kier molecular flexibility index (Phi) is 4.61. The molecule has 0 saturated heterocycles. The molecule has 1 amide bonds. The number of para-hydroxylation sites is 1. The number of amides is 1. The normalized spacial score (nSPS) is 10.3. The Morgan fingerprint density at radius 1 is 1.20 bits per heavy atom. The number of aromatic nitrogens is 1. The second kappa shape index (κ2) is 6.23. The molecule has 0 saturated carbocycles. The lowest BCUT2D eigenvalue weighted by atomic mass is 10.3. The largest absolute Gasteiger partial charge is 0.398 e. The predicted octanol–water partition coefficient (Wildman–Crippen LogP) is 2.59. The zero-order chi connectivity index (χ0) is 14.7. The molecule has 1 heterocycles. The highest BCUT2D eigenvalue weighted by Crippen LogP contribution is 2.30. The van der Waals surface area contributed by atoms with Crippen molar-refractivity contribution in [3.8, 4) is 0 Å². The summed E-state index contributed by atoms with van der Waals surface area (Å²) in [5, 5.41) is 2.74. The fraction of sp³-hybridized carbons (Fsp3) is 0.0769. The van der Waals surface area contributed by atoms with E-state index in [1.807, 2.05) is 18.2 Å². The van der Waals surface area contributed by atoms with Crippen molar-refractivity contribution in [2.45, 2.75) is 6.54 Å². The zero-order valence-electron chi connectivity index (χ0n) is 10.3. The van der Waals surface area contributed by atoms with Crippen molar-refractivity contribution in [1.82, 2.24) is 4.57 Å². The summed E-state index contributed by atoms with van der Waals surface area (Å²) >= 11 is 6.71. The van der Waals surface area contributed by atoms with Crippen molar-refractivity contribution < 1.29 is 4.79 Å². The lowest BCUT2D eigenvalue weighted by molar-refractivity contribution is -0.116. The molecule has 2 aromatic rings. The number of anilines is 2. The Hall–Kier alpha value is -1.60. The maximum atomic E-state index is 12.0. The van der Waals surface area contributed by atoms with Gasteiger partial charge in [-0.2, -0.15) is 0 Å². The van der Waals surface area contributed by atoms with Gasteiger partial charge < -0.3 is 15.6 Å². The molecule has 0 unspecified atom stereocenters. The maximum Gasteiger partial charge on any atom is 0.251 e. The first-order chi connectivity index (χ1) is 9.47. The van der Waals surface area contributed by atoms with Gasteiger partial charge in [-0.25, -0.2) is 0 Å². The molecule has 7 heteroatoms. The van der Waals surface area contributed by atoms with Gasteiger partial charge in [-0.1, -0.05) is 6.07 Å². The van der Waals surface area contributed by atoms with E-state index in [0.29, 0.717) is 11.4 Å². The van der Waals surface area contributed by atoms with E-state index in [1.165, 1.54) is 22.9 Å². The summed E-state index contributed by atoms with van der Waals surface area (Å²) in [6.45, 7) is -0.0996. The third-order valence-corrected chi connectivity index (χ3v) is 3.87. The van der Waals surface area contributed by atoms with Crippen LogP contribution in [0, 0.1) is 0 Å². The molecule has 1 aromatic heterocycles. The number of carbonyl (C=O) groups excluding carboxylic acids is 1. The Morgan fingerprint density at radius 2 is 1.85 bits per heavy atom. The first-order valence-corrected chi connectivity index (χ1v) is 7.26. The summed E-state index contributed by atoms with van der Waals surface area (Å²) in [7, 11) is 0. The minimum atomic E-state index is -0.315. The van der Waals surface area contributed by atoms with Crippen molar-refractivity contribution in [3.63, 3.8) is 0 Å². The van der Waals surface area contributed by atoms with Gasteiger partial charge in [-0.05, 0) is 50.1 Å². The molecule has 0 spiro atoms. The van der Waals surface area contributed by atoms with Gasteiger partial charge in [0.25, 0.3) is 5.56 Å². The Labute approximate surface area is 132 Å². The molecule has 104 valence electrons. The zero-order valence-corrected chi connectivity index (χ0v) is 13.4. The number of nitrogens with one attached hydrogen (secondary N) is 1. The van der Waals surface area contributed by atoms with Gasteiger partial charge >= 0.3 is 0 Å². The van der Waals surface area contributed by atoms with E-state index in [-0.39, 0.29) is 18.0 Å². The Balaban J connectivity index is 2.17. The number of rotatable bonds is 3. The number of nitrogens with two attached hydrogens (primary N) is 1. The highest BCUT2D eigenvalue weighted by Gasteiger charge is 2.10. The van der Waals surface area contributed by atoms with Crippen molar-refractivity contribution in [2.24, 2.45) is 0 Å². The average molecular weight is 401 g/mol. The molecule has 0 fully saturated rings. The van der Waals surface area contributed by atoms with Crippen molar-refractivity contribution in [3.05, 3.63) is 55.8 Å². The van der Waals surface area contributed by atoms with Gasteiger partial charge in [0.05, 0.1) is 5.69 Å². The lowest BCUT2D eigenvalue weighted by Crippen LogP contribution is -2.27. The highest BCUT2D eigenvalue weighted by atomic mass is 79.9. The van der Waals surface area contributed by atoms with E-state index in [4.69, 9.17) is 5.73 Å².